The van der Waals surface area contributed by atoms with Crippen LogP contribution in [0.15, 0.2) is 36.4 Å². The summed E-state index contributed by atoms with van der Waals surface area (Å²) in [5, 5.41) is 11.5. The Morgan fingerprint density at radius 2 is 1.79 bits per heavy atom. The molecule has 0 aliphatic carbocycles. The molecule has 0 saturated heterocycles. The molecule has 2 rings (SSSR count). The monoisotopic (exact) mass is 283 g/mol. The summed E-state index contributed by atoms with van der Waals surface area (Å²) in [5.41, 5.74) is -0.456. The average molecular weight is 284 g/mol. The zero-order valence-electron chi connectivity index (χ0n) is 9.45. The van der Waals surface area contributed by atoms with Gasteiger partial charge < -0.3 is 10.4 Å². The lowest BCUT2D eigenvalue weighted by Gasteiger charge is -2.07. The lowest BCUT2D eigenvalue weighted by atomic mass is 10.1. The normalized spacial score (nSPS) is 10.3. The van der Waals surface area contributed by atoms with Gasteiger partial charge in [0.05, 0.1) is 5.02 Å². The summed E-state index contributed by atoms with van der Waals surface area (Å²) in [7, 11) is 0. The van der Waals surface area contributed by atoms with Crippen molar-refractivity contribution in [2.75, 3.05) is 5.32 Å². The Labute approximate surface area is 112 Å². The summed E-state index contributed by atoms with van der Waals surface area (Å²) in [6.07, 6.45) is 0. The maximum Gasteiger partial charge on any atom is 0.261 e. The largest absolute Gasteiger partial charge is 0.506 e. The highest BCUT2D eigenvalue weighted by Crippen LogP contribution is 2.26. The minimum absolute atomic E-state index is 0.0202. The van der Waals surface area contributed by atoms with Gasteiger partial charge in [-0.2, -0.15) is 0 Å². The number of halogens is 3. The molecule has 2 N–H and O–H groups in total. The second-order valence-electron chi connectivity index (χ2n) is 3.72. The fourth-order valence-corrected chi connectivity index (χ4v) is 1.67. The van der Waals surface area contributed by atoms with Gasteiger partial charge in [0.1, 0.15) is 22.9 Å². The molecule has 0 aliphatic rings. The third-order valence-corrected chi connectivity index (χ3v) is 2.70. The highest BCUT2D eigenvalue weighted by Gasteiger charge is 2.17. The van der Waals surface area contributed by atoms with Gasteiger partial charge in [0, 0.05) is 5.69 Å². The zero-order chi connectivity index (χ0) is 14.0. The topological polar surface area (TPSA) is 49.3 Å². The molecule has 0 aliphatic heterocycles. The molecule has 98 valence electrons. The van der Waals surface area contributed by atoms with Crippen LogP contribution in [0.5, 0.6) is 5.75 Å². The van der Waals surface area contributed by atoms with Crippen molar-refractivity contribution in [3.8, 4) is 5.75 Å². The molecule has 2 aromatic carbocycles. The number of hydrogen-bond donors (Lipinski definition) is 2. The fourth-order valence-electron chi connectivity index (χ4n) is 1.49. The fraction of sp³-hybridized carbons (Fsp3) is 0. The molecule has 1 amide bonds. The molecule has 0 fully saturated rings. The predicted octanol–water partition coefficient (Wildman–Crippen LogP) is 3.58. The standard InChI is InChI=1S/C13H8ClF2NO2/c14-8-6-7(4-5-11(8)18)17-13(19)12-9(15)2-1-3-10(12)16/h1-6,18H,(H,17,19). The van der Waals surface area contributed by atoms with Crippen LogP contribution in [0.2, 0.25) is 5.02 Å². The Morgan fingerprint density at radius 3 is 2.37 bits per heavy atom. The second kappa shape index (κ2) is 5.24. The molecule has 3 nitrogen and oxygen atoms in total. The molecule has 2 aromatic rings. The molecule has 0 atom stereocenters. The van der Waals surface area contributed by atoms with E-state index in [1.165, 1.54) is 24.3 Å². The number of carbonyl (C=O) groups excluding carboxylic acids is 1. The van der Waals surface area contributed by atoms with Crippen molar-refractivity contribution in [1.82, 2.24) is 0 Å². The third kappa shape index (κ3) is 2.82. The highest BCUT2D eigenvalue weighted by molar-refractivity contribution is 6.32. The number of aromatic hydroxyl groups is 1. The SMILES string of the molecule is O=C(Nc1ccc(O)c(Cl)c1)c1c(F)cccc1F. The number of rotatable bonds is 2. The number of benzene rings is 2. The lowest BCUT2D eigenvalue weighted by Crippen LogP contribution is -2.15. The smallest absolute Gasteiger partial charge is 0.261 e. The van der Waals surface area contributed by atoms with Crippen molar-refractivity contribution in [1.29, 1.82) is 0 Å². The highest BCUT2D eigenvalue weighted by atomic mass is 35.5. The van der Waals surface area contributed by atoms with Gasteiger partial charge in [-0.05, 0) is 30.3 Å². The van der Waals surface area contributed by atoms with Crippen LogP contribution in [-0.2, 0) is 0 Å². The van der Waals surface area contributed by atoms with E-state index in [1.807, 2.05) is 0 Å². The van der Waals surface area contributed by atoms with E-state index < -0.39 is 23.1 Å². The molecule has 0 unspecified atom stereocenters. The average Bonchev–Trinajstić information content (AvgIpc) is 2.33. The van der Waals surface area contributed by atoms with E-state index in [0.29, 0.717) is 0 Å². The number of phenolic OH excluding ortho intramolecular Hbond substituents is 1. The van der Waals surface area contributed by atoms with Crippen molar-refractivity contribution in [2.45, 2.75) is 0 Å². The van der Waals surface area contributed by atoms with Gasteiger partial charge in [-0.25, -0.2) is 8.78 Å². The first-order valence-electron chi connectivity index (χ1n) is 5.23. The number of carbonyl (C=O) groups is 1. The van der Waals surface area contributed by atoms with Crippen molar-refractivity contribution in [2.24, 2.45) is 0 Å². The van der Waals surface area contributed by atoms with E-state index in [1.54, 1.807) is 0 Å². The van der Waals surface area contributed by atoms with Crippen LogP contribution in [0.4, 0.5) is 14.5 Å². The van der Waals surface area contributed by atoms with Gasteiger partial charge in [-0.3, -0.25) is 4.79 Å². The zero-order valence-corrected chi connectivity index (χ0v) is 10.2. The summed E-state index contributed by atoms with van der Waals surface area (Å²) in [6, 6.07) is 7.03. The molecular formula is C13H8ClF2NO2. The molecule has 0 aromatic heterocycles. The second-order valence-corrected chi connectivity index (χ2v) is 4.12. The van der Waals surface area contributed by atoms with E-state index in [9.17, 15) is 18.7 Å². The molecular weight excluding hydrogens is 276 g/mol. The van der Waals surface area contributed by atoms with Crippen molar-refractivity contribution in [3.63, 3.8) is 0 Å². The van der Waals surface area contributed by atoms with E-state index in [4.69, 9.17) is 11.6 Å². The van der Waals surface area contributed by atoms with Crippen LogP contribution in [0.25, 0.3) is 0 Å². The van der Waals surface area contributed by atoms with E-state index in [2.05, 4.69) is 5.32 Å². The number of nitrogens with one attached hydrogen (secondary N) is 1. The molecule has 0 saturated carbocycles. The number of anilines is 1. The molecule has 0 radical (unpaired) electrons. The van der Waals surface area contributed by atoms with E-state index >= 15 is 0 Å². The van der Waals surface area contributed by atoms with Gasteiger partial charge in [0.15, 0.2) is 0 Å². The van der Waals surface area contributed by atoms with Crippen molar-refractivity contribution < 1.29 is 18.7 Å². The number of hydrogen-bond acceptors (Lipinski definition) is 2. The summed E-state index contributed by atoms with van der Waals surface area (Å²) in [5.74, 6) is -3.00. The molecule has 0 bridgehead atoms. The first-order chi connectivity index (χ1) is 8.99. The van der Waals surface area contributed by atoms with Gasteiger partial charge in [0.2, 0.25) is 0 Å². The first-order valence-corrected chi connectivity index (χ1v) is 5.60. The Morgan fingerprint density at radius 1 is 1.16 bits per heavy atom. The maximum atomic E-state index is 13.4. The van der Waals surface area contributed by atoms with Crippen LogP contribution in [0.3, 0.4) is 0 Å². The number of phenols is 1. The van der Waals surface area contributed by atoms with Gasteiger partial charge in [-0.15, -0.1) is 0 Å². The van der Waals surface area contributed by atoms with Crippen LogP contribution in [0.1, 0.15) is 10.4 Å². The van der Waals surface area contributed by atoms with Gasteiger partial charge in [0.25, 0.3) is 5.91 Å². The van der Waals surface area contributed by atoms with Crippen LogP contribution < -0.4 is 5.32 Å². The van der Waals surface area contributed by atoms with Crippen molar-refractivity contribution in [3.05, 3.63) is 58.6 Å². The minimum atomic E-state index is -0.956. The maximum absolute atomic E-state index is 13.4. The van der Waals surface area contributed by atoms with E-state index in [0.717, 1.165) is 12.1 Å². The summed E-state index contributed by atoms with van der Waals surface area (Å²) < 4.78 is 26.8. The van der Waals surface area contributed by atoms with Crippen LogP contribution in [0, 0.1) is 11.6 Å². The van der Waals surface area contributed by atoms with Gasteiger partial charge in [-0.1, -0.05) is 17.7 Å². The Hall–Kier alpha value is -2.14. The Balaban J connectivity index is 2.28. The van der Waals surface area contributed by atoms with Crippen LogP contribution >= 0.6 is 11.6 Å². The predicted molar refractivity (Wildman–Crippen MR) is 67.4 cm³/mol. The van der Waals surface area contributed by atoms with Gasteiger partial charge >= 0.3 is 0 Å². The van der Waals surface area contributed by atoms with Crippen LogP contribution in [-0.4, -0.2) is 11.0 Å². The molecule has 0 spiro atoms. The first kappa shape index (κ1) is 13.3. The number of amides is 1. The summed E-state index contributed by atoms with van der Waals surface area (Å²) >= 11 is 5.66. The Kier molecular flexibility index (Phi) is 3.66. The quantitative estimate of drug-likeness (QED) is 0.828. The third-order valence-electron chi connectivity index (χ3n) is 2.40. The summed E-state index contributed by atoms with van der Waals surface area (Å²) in [6.45, 7) is 0. The lowest BCUT2D eigenvalue weighted by molar-refractivity contribution is 0.101. The summed E-state index contributed by atoms with van der Waals surface area (Å²) in [4.78, 5) is 11.8. The Bertz CT molecular complexity index is 626. The van der Waals surface area contributed by atoms with E-state index in [-0.39, 0.29) is 16.5 Å². The minimum Gasteiger partial charge on any atom is -0.506 e. The molecule has 6 heteroatoms. The molecule has 19 heavy (non-hydrogen) atoms. The van der Waals surface area contributed by atoms with Crippen molar-refractivity contribution >= 4 is 23.2 Å². The molecule has 0 heterocycles.